The summed E-state index contributed by atoms with van der Waals surface area (Å²) < 4.78 is 0. The molecule has 0 amide bonds. The molecule has 3 fully saturated rings. The maximum absolute atomic E-state index is 12.8. The van der Waals surface area contributed by atoms with Crippen LogP contribution in [0, 0.1) is 28.1 Å². The number of Topliss-reactive ketones (excluding diaryl/α,β-unsaturated/α-hetero) is 1. The highest BCUT2D eigenvalue weighted by atomic mass is 16.3. The molecular formula is C15H24O2. The summed E-state index contributed by atoms with van der Waals surface area (Å²) in [5.74, 6) is 0.704. The molecule has 17 heavy (non-hydrogen) atoms. The van der Waals surface area contributed by atoms with Gasteiger partial charge in [-0.25, -0.2) is 0 Å². The molecule has 3 saturated carbocycles. The van der Waals surface area contributed by atoms with Crippen molar-refractivity contribution in [2.75, 3.05) is 0 Å². The smallest absolute Gasteiger partial charge is 0.143 e. The molecule has 1 N–H and O–H groups in total. The molecule has 0 aliphatic heterocycles. The van der Waals surface area contributed by atoms with E-state index in [2.05, 4.69) is 20.8 Å². The minimum absolute atomic E-state index is 0.0463. The first kappa shape index (κ1) is 11.7. The second kappa shape index (κ2) is 2.96. The van der Waals surface area contributed by atoms with E-state index in [-0.39, 0.29) is 34.2 Å². The highest BCUT2D eigenvalue weighted by molar-refractivity contribution is 5.93. The van der Waals surface area contributed by atoms with Crippen LogP contribution in [0.15, 0.2) is 0 Å². The Kier molecular flexibility index (Phi) is 2.04. The van der Waals surface area contributed by atoms with Crippen LogP contribution in [-0.4, -0.2) is 17.0 Å². The fraction of sp³-hybridized carbons (Fsp3) is 0.933. The van der Waals surface area contributed by atoms with Gasteiger partial charge in [-0.1, -0.05) is 34.1 Å². The van der Waals surface area contributed by atoms with Crippen molar-refractivity contribution in [2.45, 2.75) is 59.5 Å². The van der Waals surface area contributed by atoms with Gasteiger partial charge < -0.3 is 5.11 Å². The van der Waals surface area contributed by atoms with E-state index < -0.39 is 0 Å². The highest BCUT2D eigenvalue weighted by Gasteiger charge is 2.77. The number of aliphatic hydroxyl groups excluding tert-OH is 1. The average molecular weight is 236 g/mol. The quantitative estimate of drug-likeness (QED) is 0.702. The van der Waals surface area contributed by atoms with Gasteiger partial charge in [0.1, 0.15) is 5.78 Å². The van der Waals surface area contributed by atoms with Gasteiger partial charge in [0.15, 0.2) is 0 Å². The van der Waals surface area contributed by atoms with Crippen LogP contribution in [0.1, 0.15) is 53.4 Å². The second-order valence-corrected chi connectivity index (χ2v) is 7.51. The zero-order valence-corrected chi connectivity index (χ0v) is 11.4. The molecule has 0 aromatic heterocycles. The molecule has 2 nitrogen and oxygen atoms in total. The Hall–Kier alpha value is -0.370. The summed E-state index contributed by atoms with van der Waals surface area (Å²) in [6, 6.07) is 0. The fourth-order valence-electron chi connectivity index (χ4n) is 6.08. The third-order valence-electron chi connectivity index (χ3n) is 6.67. The first-order chi connectivity index (χ1) is 7.78. The molecule has 1 unspecified atom stereocenters. The number of rotatable bonds is 0. The molecule has 5 atom stereocenters. The van der Waals surface area contributed by atoms with Crippen LogP contribution < -0.4 is 0 Å². The van der Waals surface area contributed by atoms with Gasteiger partial charge in [-0.3, -0.25) is 4.79 Å². The first-order valence-electron chi connectivity index (χ1n) is 7.00. The van der Waals surface area contributed by atoms with Gasteiger partial charge in [-0.05, 0) is 30.1 Å². The molecule has 2 bridgehead atoms. The molecule has 96 valence electrons. The summed E-state index contributed by atoms with van der Waals surface area (Å²) in [5, 5.41) is 10.4. The highest BCUT2D eigenvalue weighted by Crippen LogP contribution is 2.76. The molecule has 3 aliphatic carbocycles. The molecule has 3 aliphatic rings. The summed E-state index contributed by atoms with van der Waals surface area (Å²) in [6.45, 7) is 8.80. The Morgan fingerprint density at radius 1 is 1.24 bits per heavy atom. The van der Waals surface area contributed by atoms with Crippen LogP contribution in [0.2, 0.25) is 0 Å². The zero-order chi connectivity index (χ0) is 12.6. The van der Waals surface area contributed by atoms with Gasteiger partial charge in [0.2, 0.25) is 0 Å². The normalized spacial score (nSPS) is 56.1. The van der Waals surface area contributed by atoms with Crippen molar-refractivity contribution >= 4 is 5.78 Å². The van der Waals surface area contributed by atoms with E-state index in [0.717, 1.165) is 12.8 Å². The average Bonchev–Trinajstić information content (AvgIpc) is 2.53. The molecule has 0 heterocycles. The SMILES string of the molecule is CC1C(=O)[C@@]23C[C@H](O)[C@@H]1[C@@]2(C)CCCC3(C)C. The van der Waals surface area contributed by atoms with Gasteiger partial charge in [0, 0.05) is 17.3 Å². The van der Waals surface area contributed by atoms with Crippen LogP contribution in [0.5, 0.6) is 0 Å². The number of ketones is 1. The van der Waals surface area contributed by atoms with Gasteiger partial charge in [-0.15, -0.1) is 0 Å². The van der Waals surface area contributed by atoms with E-state index in [1.54, 1.807) is 0 Å². The Morgan fingerprint density at radius 2 is 1.88 bits per heavy atom. The van der Waals surface area contributed by atoms with E-state index in [9.17, 15) is 9.90 Å². The summed E-state index contributed by atoms with van der Waals surface area (Å²) in [5.41, 5.74) is -0.149. The molecule has 0 aromatic carbocycles. The largest absolute Gasteiger partial charge is 0.393 e. The third kappa shape index (κ3) is 0.973. The summed E-state index contributed by atoms with van der Waals surface area (Å²) in [6.07, 6.45) is 3.90. The van der Waals surface area contributed by atoms with Crippen LogP contribution >= 0.6 is 0 Å². The maximum atomic E-state index is 12.8. The van der Waals surface area contributed by atoms with E-state index >= 15 is 0 Å². The Bertz CT molecular complexity index is 386. The molecule has 0 saturated heterocycles. The lowest BCUT2D eigenvalue weighted by Gasteiger charge is -2.54. The van der Waals surface area contributed by atoms with Crippen molar-refractivity contribution in [3.8, 4) is 0 Å². The number of aliphatic hydroxyl groups is 1. The Morgan fingerprint density at radius 3 is 2.47 bits per heavy atom. The van der Waals surface area contributed by atoms with Crippen LogP contribution in [0.25, 0.3) is 0 Å². The van der Waals surface area contributed by atoms with Gasteiger partial charge in [-0.2, -0.15) is 0 Å². The fourth-order valence-corrected chi connectivity index (χ4v) is 6.08. The minimum Gasteiger partial charge on any atom is -0.393 e. The molecule has 3 rings (SSSR count). The molecule has 0 aromatic rings. The number of carbonyl (C=O) groups excluding carboxylic acids is 1. The maximum Gasteiger partial charge on any atom is 0.143 e. The minimum atomic E-state index is -0.259. The van der Waals surface area contributed by atoms with Crippen molar-refractivity contribution in [3.63, 3.8) is 0 Å². The Balaban J connectivity index is 2.23. The predicted molar refractivity (Wildman–Crippen MR) is 66.5 cm³/mol. The Labute approximate surface area is 104 Å². The summed E-state index contributed by atoms with van der Waals surface area (Å²) >= 11 is 0. The van der Waals surface area contributed by atoms with Crippen LogP contribution in [0.3, 0.4) is 0 Å². The van der Waals surface area contributed by atoms with E-state index in [0.29, 0.717) is 12.2 Å². The summed E-state index contributed by atoms with van der Waals surface area (Å²) in [7, 11) is 0. The van der Waals surface area contributed by atoms with Crippen molar-refractivity contribution in [1.82, 2.24) is 0 Å². The number of carbonyl (C=O) groups is 1. The standard InChI is InChI=1S/C15H24O2/c1-9-11-10(16)8-15(12(9)17)13(2,3)6-5-7-14(11,15)4/h9-11,16H,5-8H2,1-4H3/t9?,10-,11+,14+,15+/m0/s1. The third-order valence-corrected chi connectivity index (χ3v) is 6.67. The molecule has 0 spiro atoms. The van der Waals surface area contributed by atoms with Crippen LogP contribution in [-0.2, 0) is 4.79 Å². The second-order valence-electron chi connectivity index (χ2n) is 7.51. The van der Waals surface area contributed by atoms with Gasteiger partial charge in [0.05, 0.1) is 6.10 Å². The summed E-state index contributed by atoms with van der Waals surface area (Å²) in [4.78, 5) is 12.8. The van der Waals surface area contributed by atoms with Crippen LogP contribution in [0.4, 0.5) is 0 Å². The van der Waals surface area contributed by atoms with Crippen molar-refractivity contribution in [1.29, 1.82) is 0 Å². The monoisotopic (exact) mass is 236 g/mol. The first-order valence-corrected chi connectivity index (χ1v) is 7.00. The lowest BCUT2D eigenvalue weighted by molar-refractivity contribution is -0.148. The van der Waals surface area contributed by atoms with Crippen molar-refractivity contribution < 1.29 is 9.90 Å². The molecule has 0 radical (unpaired) electrons. The van der Waals surface area contributed by atoms with E-state index in [1.165, 1.54) is 6.42 Å². The van der Waals surface area contributed by atoms with Crippen molar-refractivity contribution in [3.05, 3.63) is 0 Å². The van der Waals surface area contributed by atoms with E-state index in [4.69, 9.17) is 0 Å². The van der Waals surface area contributed by atoms with Gasteiger partial charge in [0.25, 0.3) is 0 Å². The van der Waals surface area contributed by atoms with Gasteiger partial charge >= 0.3 is 0 Å². The lowest BCUT2D eigenvalue weighted by Crippen LogP contribution is -2.52. The number of hydrogen-bond acceptors (Lipinski definition) is 2. The van der Waals surface area contributed by atoms with Crippen molar-refractivity contribution in [2.24, 2.45) is 28.1 Å². The topological polar surface area (TPSA) is 37.3 Å². The molecule has 2 heteroatoms. The molecular weight excluding hydrogens is 212 g/mol. The van der Waals surface area contributed by atoms with E-state index in [1.807, 2.05) is 6.92 Å². The zero-order valence-electron chi connectivity index (χ0n) is 11.4. The predicted octanol–water partition coefficient (Wildman–Crippen LogP) is 2.79. The number of hydrogen-bond donors (Lipinski definition) is 1. The lowest BCUT2D eigenvalue weighted by atomic mass is 9.48.